The van der Waals surface area contributed by atoms with E-state index >= 15 is 0 Å². The molecular weight excluding hydrogens is 290 g/mol. The van der Waals surface area contributed by atoms with Crippen LogP contribution in [0, 0.1) is 0 Å². The number of fused-ring (bicyclic) bond motifs is 1. The molecule has 0 spiro atoms. The summed E-state index contributed by atoms with van der Waals surface area (Å²) in [7, 11) is 1.53. The molecule has 0 saturated heterocycles. The number of para-hydroxylation sites is 2. The molecule has 0 radical (unpaired) electrons. The van der Waals surface area contributed by atoms with Crippen LogP contribution in [0.1, 0.15) is 17.4 Å². The highest BCUT2D eigenvalue weighted by molar-refractivity contribution is 6.34. The van der Waals surface area contributed by atoms with Crippen molar-refractivity contribution in [3.8, 4) is 5.75 Å². The second kappa shape index (κ2) is 5.31. The molecule has 5 heteroatoms. The van der Waals surface area contributed by atoms with E-state index in [9.17, 15) is 5.11 Å². The van der Waals surface area contributed by atoms with E-state index in [-0.39, 0.29) is 0 Å². The second-order valence-electron chi connectivity index (χ2n) is 4.67. The molecule has 0 amide bonds. The van der Waals surface area contributed by atoms with Gasteiger partial charge in [-0.05, 0) is 18.2 Å². The van der Waals surface area contributed by atoms with Gasteiger partial charge in [0, 0.05) is 10.9 Å². The summed E-state index contributed by atoms with van der Waals surface area (Å²) < 4.78 is 10.8. The first-order chi connectivity index (χ1) is 10.1. The zero-order valence-corrected chi connectivity index (χ0v) is 12.1. The fourth-order valence-electron chi connectivity index (χ4n) is 2.31. The van der Waals surface area contributed by atoms with Gasteiger partial charge in [0.2, 0.25) is 0 Å². The van der Waals surface area contributed by atoms with Crippen molar-refractivity contribution in [2.45, 2.75) is 6.10 Å². The Hall–Kier alpha value is -2.17. The summed E-state index contributed by atoms with van der Waals surface area (Å²) in [6.45, 7) is 0. The normalized spacial score (nSPS) is 12.5. The Morgan fingerprint density at radius 3 is 2.71 bits per heavy atom. The van der Waals surface area contributed by atoms with Crippen LogP contribution in [0.3, 0.4) is 0 Å². The lowest BCUT2D eigenvalue weighted by Crippen LogP contribution is -2.04. The molecule has 2 aromatic carbocycles. The van der Waals surface area contributed by atoms with Gasteiger partial charge in [0.05, 0.1) is 17.8 Å². The van der Waals surface area contributed by atoms with Crippen molar-refractivity contribution in [3.63, 3.8) is 0 Å². The summed E-state index contributed by atoms with van der Waals surface area (Å²) in [5.41, 5.74) is 7.47. The van der Waals surface area contributed by atoms with Crippen LogP contribution in [-0.2, 0) is 0 Å². The Bertz CT molecular complexity index is 797. The molecule has 108 valence electrons. The number of furan rings is 1. The number of hydrogen-bond acceptors (Lipinski definition) is 4. The van der Waals surface area contributed by atoms with E-state index < -0.39 is 6.10 Å². The van der Waals surface area contributed by atoms with Crippen LogP contribution in [0.5, 0.6) is 5.75 Å². The predicted molar refractivity (Wildman–Crippen MR) is 82.7 cm³/mol. The maximum absolute atomic E-state index is 10.5. The monoisotopic (exact) mass is 303 g/mol. The van der Waals surface area contributed by atoms with E-state index in [1.54, 1.807) is 30.3 Å². The van der Waals surface area contributed by atoms with Crippen LogP contribution < -0.4 is 10.5 Å². The molecule has 21 heavy (non-hydrogen) atoms. The van der Waals surface area contributed by atoms with E-state index in [1.165, 1.54) is 7.11 Å². The molecule has 0 saturated carbocycles. The Morgan fingerprint density at radius 2 is 2.00 bits per heavy atom. The number of aliphatic hydroxyl groups is 1. The van der Waals surface area contributed by atoms with Gasteiger partial charge in [0.1, 0.15) is 17.6 Å². The quantitative estimate of drug-likeness (QED) is 0.723. The van der Waals surface area contributed by atoms with E-state index in [0.29, 0.717) is 33.4 Å². The molecule has 1 heterocycles. The number of rotatable bonds is 3. The van der Waals surface area contributed by atoms with Crippen molar-refractivity contribution >= 4 is 28.3 Å². The standard InChI is InChI=1S/C16H14ClNO3/c1-20-12-7-3-5-10(14(12)18)15(19)13-8-9-4-2-6-11(17)16(9)21-13/h2-8,15,19H,18H2,1H3. The number of benzene rings is 2. The minimum absolute atomic E-state index is 0.387. The number of nitrogen functional groups attached to an aromatic ring is 1. The molecule has 3 rings (SSSR count). The Kier molecular flexibility index (Phi) is 3.49. The summed E-state index contributed by atoms with van der Waals surface area (Å²) >= 11 is 6.08. The number of aliphatic hydroxyl groups excluding tert-OH is 1. The summed E-state index contributed by atoms with van der Waals surface area (Å²) in [6, 6.07) is 12.4. The molecule has 1 aromatic heterocycles. The summed E-state index contributed by atoms with van der Waals surface area (Å²) in [5, 5.41) is 11.8. The van der Waals surface area contributed by atoms with E-state index in [0.717, 1.165) is 5.39 Å². The average Bonchev–Trinajstić information content (AvgIpc) is 2.92. The zero-order valence-electron chi connectivity index (χ0n) is 11.3. The van der Waals surface area contributed by atoms with E-state index in [4.69, 9.17) is 26.5 Å². The average molecular weight is 304 g/mol. The van der Waals surface area contributed by atoms with Crippen molar-refractivity contribution in [1.82, 2.24) is 0 Å². The minimum atomic E-state index is -0.983. The van der Waals surface area contributed by atoms with Crippen LogP contribution >= 0.6 is 11.6 Å². The van der Waals surface area contributed by atoms with Gasteiger partial charge in [0.15, 0.2) is 5.58 Å². The van der Waals surface area contributed by atoms with Gasteiger partial charge in [-0.3, -0.25) is 0 Å². The number of methoxy groups -OCH3 is 1. The molecule has 1 unspecified atom stereocenters. The van der Waals surface area contributed by atoms with E-state index in [2.05, 4.69) is 0 Å². The fraction of sp³-hybridized carbons (Fsp3) is 0.125. The van der Waals surface area contributed by atoms with Gasteiger partial charge in [-0.2, -0.15) is 0 Å². The van der Waals surface area contributed by atoms with Gasteiger partial charge < -0.3 is 20.0 Å². The van der Waals surface area contributed by atoms with E-state index in [1.807, 2.05) is 12.1 Å². The molecule has 3 N–H and O–H groups in total. The summed E-state index contributed by atoms with van der Waals surface area (Å²) in [4.78, 5) is 0. The maximum Gasteiger partial charge on any atom is 0.153 e. The Labute approximate surface area is 126 Å². The first kappa shape index (κ1) is 13.8. The lowest BCUT2D eigenvalue weighted by molar-refractivity contribution is 0.192. The van der Waals surface area contributed by atoms with Crippen molar-refractivity contribution in [2.24, 2.45) is 0 Å². The SMILES string of the molecule is COc1cccc(C(O)c2cc3cccc(Cl)c3o2)c1N. The highest BCUT2D eigenvalue weighted by Gasteiger charge is 2.20. The molecule has 4 nitrogen and oxygen atoms in total. The number of anilines is 1. The highest BCUT2D eigenvalue weighted by atomic mass is 35.5. The van der Waals surface area contributed by atoms with Gasteiger partial charge in [-0.25, -0.2) is 0 Å². The first-order valence-electron chi connectivity index (χ1n) is 6.40. The number of ether oxygens (including phenoxy) is 1. The molecule has 1 atom stereocenters. The number of hydrogen-bond donors (Lipinski definition) is 2. The fourth-order valence-corrected chi connectivity index (χ4v) is 2.53. The molecule has 3 aromatic rings. The lowest BCUT2D eigenvalue weighted by atomic mass is 10.0. The lowest BCUT2D eigenvalue weighted by Gasteiger charge is -2.13. The first-order valence-corrected chi connectivity index (χ1v) is 6.78. The molecule has 0 bridgehead atoms. The third-order valence-electron chi connectivity index (χ3n) is 3.40. The van der Waals surface area contributed by atoms with Crippen LogP contribution in [0.15, 0.2) is 46.9 Å². The van der Waals surface area contributed by atoms with Crippen molar-refractivity contribution < 1.29 is 14.3 Å². The minimum Gasteiger partial charge on any atom is -0.495 e. The topological polar surface area (TPSA) is 68.6 Å². The third kappa shape index (κ3) is 2.33. The van der Waals surface area contributed by atoms with Gasteiger partial charge in [-0.15, -0.1) is 0 Å². The molecule has 0 aliphatic rings. The molecule has 0 aliphatic carbocycles. The zero-order chi connectivity index (χ0) is 15.0. The van der Waals surface area contributed by atoms with Crippen LogP contribution in [0.25, 0.3) is 11.0 Å². The Morgan fingerprint density at radius 1 is 1.24 bits per heavy atom. The van der Waals surface area contributed by atoms with Crippen molar-refractivity contribution in [1.29, 1.82) is 0 Å². The van der Waals surface area contributed by atoms with Gasteiger partial charge >= 0.3 is 0 Å². The number of nitrogens with two attached hydrogens (primary N) is 1. The largest absolute Gasteiger partial charge is 0.495 e. The third-order valence-corrected chi connectivity index (χ3v) is 3.70. The summed E-state index contributed by atoms with van der Waals surface area (Å²) in [6.07, 6.45) is -0.983. The van der Waals surface area contributed by atoms with Gasteiger partial charge in [-0.1, -0.05) is 35.9 Å². The van der Waals surface area contributed by atoms with Crippen LogP contribution in [-0.4, -0.2) is 12.2 Å². The van der Waals surface area contributed by atoms with Crippen LogP contribution in [0.2, 0.25) is 5.02 Å². The second-order valence-corrected chi connectivity index (χ2v) is 5.08. The molecule has 0 fully saturated rings. The Balaban J connectivity index is 2.08. The molecular formula is C16H14ClNO3. The van der Waals surface area contributed by atoms with Crippen LogP contribution in [0.4, 0.5) is 5.69 Å². The predicted octanol–water partition coefficient (Wildman–Crippen LogP) is 3.76. The smallest absolute Gasteiger partial charge is 0.153 e. The van der Waals surface area contributed by atoms with Gasteiger partial charge in [0.25, 0.3) is 0 Å². The summed E-state index contributed by atoms with van der Waals surface area (Å²) in [5.74, 6) is 0.902. The molecule has 0 aliphatic heterocycles. The van der Waals surface area contributed by atoms with Crippen molar-refractivity contribution in [2.75, 3.05) is 12.8 Å². The van der Waals surface area contributed by atoms with Crippen molar-refractivity contribution in [3.05, 3.63) is 58.8 Å². The highest BCUT2D eigenvalue weighted by Crippen LogP contribution is 2.36. The number of halogens is 1. The maximum atomic E-state index is 10.5.